The van der Waals surface area contributed by atoms with Crippen LogP contribution in [0, 0.1) is 0 Å². The number of nitrogens with zero attached hydrogens (tertiary/aromatic N) is 3. The number of aliphatic hydroxyl groups excluding tert-OH is 1. The van der Waals surface area contributed by atoms with E-state index in [1.807, 2.05) is 18.2 Å². The molecule has 1 aliphatic rings. The van der Waals surface area contributed by atoms with Gasteiger partial charge in [-0.3, -0.25) is 14.8 Å². The van der Waals surface area contributed by atoms with E-state index in [0.717, 1.165) is 37.1 Å². The Kier molecular flexibility index (Phi) is 7.60. The van der Waals surface area contributed by atoms with E-state index >= 15 is 0 Å². The molecule has 5 rings (SSSR count). The highest BCUT2D eigenvalue weighted by Crippen LogP contribution is 2.33. The van der Waals surface area contributed by atoms with Gasteiger partial charge in [0, 0.05) is 44.3 Å². The summed E-state index contributed by atoms with van der Waals surface area (Å²) in [5.41, 5.74) is 3.44. The van der Waals surface area contributed by atoms with Crippen molar-refractivity contribution in [3.63, 3.8) is 0 Å². The molecule has 0 spiro atoms. The number of benzene rings is 3. The molecule has 3 aromatic carbocycles. The summed E-state index contributed by atoms with van der Waals surface area (Å²) in [6.07, 6.45) is 1.14. The molecule has 1 aliphatic heterocycles. The third-order valence-corrected chi connectivity index (χ3v) is 6.88. The Balaban J connectivity index is 1.19. The molecule has 1 fully saturated rings. The number of aromatic nitrogens is 1. The Labute approximate surface area is 211 Å². The van der Waals surface area contributed by atoms with Gasteiger partial charge >= 0.3 is 0 Å². The molecule has 6 heteroatoms. The average molecular weight is 488 g/mol. The number of ether oxygens (including phenoxy) is 1. The van der Waals surface area contributed by atoms with Crippen LogP contribution < -0.4 is 4.74 Å². The van der Waals surface area contributed by atoms with Crippen molar-refractivity contribution in [2.75, 3.05) is 39.3 Å². The number of halogens is 1. The molecule has 35 heavy (non-hydrogen) atoms. The Morgan fingerprint density at radius 3 is 2.14 bits per heavy atom. The molecule has 5 nitrogen and oxygen atoms in total. The highest BCUT2D eigenvalue weighted by molar-refractivity contribution is 6.33. The first-order chi connectivity index (χ1) is 17.2. The van der Waals surface area contributed by atoms with Crippen LogP contribution in [0.2, 0.25) is 5.02 Å². The van der Waals surface area contributed by atoms with E-state index in [4.69, 9.17) is 16.3 Å². The zero-order chi connectivity index (χ0) is 24.0. The number of aliphatic hydroxyl groups is 1. The Hall–Kier alpha value is -2.96. The number of pyridine rings is 1. The lowest BCUT2D eigenvalue weighted by Crippen LogP contribution is -2.50. The van der Waals surface area contributed by atoms with Crippen LogP contribution >= 0.6 is 11.6 Å². The Morgan fingerprint density at radius 2 is 1.49 bits per heavy atom. The molecular weight excluding hydrogens is 458 g/mol. The van der Waals surface area contributed by atoms with Crippen molar-refractivity contribution in [1.82, 2.24) is 14.8 Å². The third kappa shape index (κ3) is 5.65. The van der Waals surface area contributed by atoms with Gasteiger partial charge in [0.2, 0.25) is 0 Å². The number of hydrogen-bond donors (Lipinski definition) is 1. The molecule has 0 amide bonds. The fourth-order valence-electron chi connectivity index (χ4n) is 4.86. The van der Waals surface area contributed by atoms with Gasteiger partial charge in [-0.05, 0) is 35.4 Å². The minimum atomic E-state index is -0.608. The molecule has 1 unspecified atom stereocenters. The van der Waals surface area contributed by atoms with Gasteiger partial charge in [0.05, 0.1) is 16.6 Å². The monoisotopic (exact) mass is 487 g/mol. The molecule has 0 saturated carbocycles. The maximum atomic E-state index is 10.7. The second-order valence-corrected chi connectivity index (χ2v) is 9.38. The zero-order valence-corrected chi connectivity index (χ0v) is 20.4. The van der Waals surface area contributed by atoms with Crippen molar-refractivity contribution in [2.24, 2.45) is 0 Å². The number of rotatable bonds is 8. The van der Waals surface area contributed by atoms with Crippen LogP contribution in [0.1, 0.15) is 17.2 Å². The quantitative estimate of drug-likeness (QED) is 0.377. The maximum Gasteiger partial charge on any atom is 0.147 e. The summed E-state index contributed by atoms with van der Waals surface area (Å²) < 4.78 is 5.97. The molecule has 2 heterocycles. The van der Waals surface area contributed by atoms with E-state index in [1.165, 1.54) is 11.1 Å². The van der Waals surface area contributed by atoms with Crippen LogP contribution in [0.3, 0.4) is 0 Å². The van der Waals surface area contributed by atoms with Crippen molar-refractivity contribution in [3.8, 4) is 5.75 Å². The van der Waals surface area contributed by atoms with E-state index in [-0.39, 0.29) is 12.6 Å². The summed E-state index contributed by atoms with van der Waals surface area (Å²) in [5, 5.41) is 12.1. The Morgan fingerprint density at radius 1 is 0.829 bits per heavy atom. The predicted octanol–water partition coefficient (Wildman–Crippen LogP) is 5.04. The average Bonchev–Trinajstić information content (AvgIpc) is 2.90. The van der Waals surface area contributed by atoms with Gasteiger partial charge in [0.15, 0.2) is 0 Å². The van der Waals surface area contributed by atoms with Crippen molar-refractivity contribution in [3.05, 3.63) is 107 Å². The standard InChI is InChI=1S/C29H30ClN3O2/c30-26-13-14-27-25(12-7-15-31-27)29(26)35-21-24(34)20-32-16-18-33(19-17-32)28(22-8-3-1-4-9-22)23-10-5-2-6-11-23/h1-15,24,28,34H,16-21H2. The molecule has 1 aromatic heterocycles. The fourth-order valence-corrected chi connectivity index (χ4v) is 5.08. The predicted molar refractivity (Wildman–Crippen MR) is 141 cm³/mol. The number of hydrogen-bond acceptors (Lipinski definition) is 5. The zero-order valence-electron chi connectivity index (χ0n) is 19.6. The van der Waals surface area contributed by atoms with Gasteiger partial charge in [-0.25, -0.2) is 0 Å². The Bertz CT molecular complexity index is 1190. The minimum absolute atomic E-state index is 0.185. The number of β-amino-alcohol motifs (C(OH)–C–C–N with tert-alkyl or cyclic N) is 1. The smallest absolute Gasteiger partial charge is 0.147 e. The molecule has 1 N–H and O–H groups in total. The molecule has 4 aromatic rings. The second kappa shape index (κ2) is 11.2. The normalized spacial score (nSPS) is 16.0. The highest BCUT2D eigenvalue weighted by atomic mass is 35.5. The molecule has 0 radical (unpaired) electrons. The van der Waals surface area contributed by atoms with Crippen LogP contribution in [0.15, 0.2) is 91.1 Å². The molecule has 1 atom stereocenters. The summed E-state index contributed by atoms with van der Waals surface area (Å²) in [5.74, 6) is 0.578. The van der Waals surface area contributed by atoms with Gasteiger partial charge < -0.3 is 9.84 Å². The van der Waals surface area contributed by atoms with Crippen LogP contribution in [-0.2, 0) is 0 Å². The van der Waals surface area contributed by atoms with Crippen molar-refractivity contribution < 1.29 is 9.84 Å². The van der Waals surface area contributed by atoms with Crippen molar-refractivity contribution in [1.29, 1.82) is 0 Å². The van der Waals surface area contributed by atoms with Gasteiger partial charge in [0.25, 0.3) is 0 Å². The van der Waals surface area contributed by atoms with Crippen molar-refractivity contribution >= 4 is 22.5 Å². The summed E-state index contributed by atoms with van der Waals surface area (Å²) in [4.78, 5) is 9.20. The summed E-state index contributed by atoms with van der Waals surface area (Å²) in [6, 6.07) is 29.1. The van der Waals surface area contributed by atoms with E-state index < -0.39 is 6.10 Å². The minimum Gasteiger partial charge on any atom is -0.489 e. The fraction of sp³-hybridized carbons (Fsp3) is 0.276. The third-order valence-electron chi connectivity index (χ3n) is 6.58. The largest absolute Gasteiger partial charge is 0.489 e. The lowest BCUT2D eigenvalue weighted by molar-refractivity contribution is 0.0404. The van der Waals surface area contributed by atoms with Crippen molar-refractivity contribution in [2.45, 2.75) is 12.1 Å². The van der Waals surface area contributed by atoms with Crippen LogP contribution in [0.25, 0.3) is 10.9 Å². The van der Waals surface area contributed by atoms with Crippen LogP contribution in [-0.4, -0.2) is 65.3 Å². The highest BCUT2D eigenvalue weighted by Gasteiger charge is 2.27. The summed E-state index contributed by atoms with van der Waals surface area (Å²) in [6.45, 7) is 4.41. The molecular formula is C29H30ClN3O2. The van der Waals surface area contributed by atoms with E-state index in [1.54, 1.807) is 12.3 Å². The molecule has 0 bridgehead atoms. The molecule has 0 aliphatic carbocycles. The second-order valence-electron chi connectivity index (χ2n) is 8.97. The van der Waals surface area contributed by atoms with Gasteiger partial charge in [-0.15, -0.1) is 0 Å². The summed E-state index contributed by atoms with van der Waals surface area (Å²) >= 11 is 6.37. The lowest BCUT2D eigenvalue weighted by Gasteiger charge is -2.40. The topological polar surface area (TPSA) is 48.8 Å². The van der Waals surface area contributed by atoms with Gasteiger partial charge in [-0.1, -0.05) is 72.3 Å². The van der Waals surface area contributed by atoms with E-state index in [2.05, 4.69) is 75.4 Å². The van der Waals surface area contributed by atoms with Gasteiger partial charge in [-0.2, -0.15) is 0 Å². The number of piperazine rings is 1. The molecule has 1 saturated heterocycles. The van der Waals surface area contributed by atoms with Gasteiger partial charge in [0.1, 0.15) is 18.5 Å². The maximum absolute atomic E-state index is 10.7. The van der Waals surface area contributed by atoms with E-state index in [9.17, 15) is 5.11 Å². The number of fused-ring (bicyclic) bond motifs is 1. The van der Waals surface area contributed by atoms with E-state index in [0.29, 0.717) is 17.3 Å². The summed E-state index contributed by atoms with van der Waals surface area (Å²) in [7, 11) is 0. The molecule has 180 valence electrons. The first-order valence-corrected chi connectivity index (χ1v) is 12.5. The first kappa shape index (κ1) is 23.8. The van der Waals surface area contributed by atoms with Crippen LogP contribution in [0.4, 0.5) is 0 Å². The lowest BCUT2D eigenvalue weighted by atomic mass is 9.96. The first-order valence-electron chi connectivity index (χ1n) is 12.1. The van der Waals surface area contributed by atoms with Crippen LogP contribution in [0.5, 0.6) is 5.75 Å². The SMILES string of the molecule is OC(COc1c(Cl)ccc2ncccc12)CN1CCN(C(c2ccccc2)c2ccccc2)CC1.